The number of aliphatic hydroxyl groups is 2. The molecule has 6 heteroatoms. The smallest absolute Gasteiger partial charge is 0.169 e. The Morgan fingerprint density at radius 1 is 1.06 bits per heavy atom. The van der Waals surface area contributed by atoms with Gasteiger partial charge in [-0.3, -0.25) is 4.79 Å². The third-order valence-corrected chi connectivity index (χ3v) is 12.1. The van der Waals surface area contributed by atoms with Gasteiger partial charge in [0.2, 0.25) is 0 Å². The van der Waals surface area contributed by atoms with E-state index in [1.807, 2.05) is 26.8 Å². The lowest BCUT2D eigenvalue weighted by Gasteiger charge is -2.60. The minimum atomic E-state index is -1.11. The number of ether oxygens (including phenoxy) is 3. The standard InChI is InChI=1S/C27H38O6/c1-13-11-18-25(4,29)21-16(32-26(13,5)33-18)12-15-19-14(8-10-23(15,21)2)24(3)17(28)7-6-9-27(24,30)22-20(19)31-22/h6-7,13-16,18-22,29-30H,8-12H2,1-5H3/t13-,14?,15?,16?,18?,19?,20-,21?,22-,23-,24-,25-,26+,27-/m0/s1. The maximum absolute atomic E-state index is 13.3. The van der Waals surface area contributed by atoms with Gasteiger partial charge in [0.05, 0.1) is 29.3 Å². The first-order valence-electron chi connectivity index (χ1n) is 13.0. The highest BCUT2D eigenvalue weighted by Crippen LogP contribution is 2.73. The number of carbonyl (C=O) groups excluding carboxylic acids is 1. The van der Waals surface area contributed by atoms with Gasteiger partial charge in [-0.05, 0) is 82.1 Å². The van der Waals surface area contributed by atoms with E-state index in [0.29, 0.717) is 6.42 Å². The van der Waals surface area contributed by atoms with Crippen LogP contribution in [0.2, 0.25) is 0 Å². The Balaban J connectivity index is 1.31. The molecule has 2 bridgehead atoms. The van der Waals surface area contributed by atoms with Gasteiger partial charge < -0.3 is 24.4 Å². The molecule has 33 heavy (non-hydrogen) atoms. The van der Waals surface area contributed by atoms with E-state index >= 15 is 0 Å². The molecule has 3 saturated carbocycles. The molecule has 0 aromatic rings. The van der Waals surface area contributed by atoms with Crippen molar-refractivity contribution in [3.63, 3.8) is 0 Å². The first kappa shape index (κ1) is 21.5. The van der Waals surface area contributed by atoms with Crippen LogP contribution in [0.1, 0.15) is 66.7 Å². The summed E-state index contributed by atoms with van der Waals surface area (Å²) < 4.78 is 19.4. The molecule has 6 nitrogen and oxygen atoms in total. The Morgan fingerprint density at radius 3 is 2.58 bits per heavy atom. The molecule has 7 rings (SSSR count). The largest absolute Gasteiger partial charge is 0.387 e. The zero-order chi connectivity index (χ0) is 23.3. The number of allylic oxidation sites excluding steroid dienone is 1. The van der Waals surface area contributed by atoms with E-state index in [1.54, 1.807) is 6.08 Å². The third-order valence-electron chi connectivity index (χ3n) is 12.1. The molecule has 0 spiro atoms. The van der Waals surface area contributed by atoms with Crippen molar-refractivity contribution in [1.29, 1.82) is 0 Å². The summed E-state index contributed by atoms with van der Waals surface area (Å²) in [5.74, 6) is 0.142. The van der Waals surface area contributed by atoms with E-state index in [0.717, 1.165) is 25.7 Å². The summed E-state index contributed by atoms with van der Waals surface area (Å²) >= 11 is 0. The fourth-order valence-corrected chi connectivity index (χ4v) is 10.1. The molecule has 0 aromatic carbocycles. The van der Waals surface area contributed by atoms with E-state index in [9.17, 15) is 15.0 Å². The average Bonchev–Trinajstić information content (AvgIpc) is 3.41. The van der Waals surface area contributed by atoms with Crippen molar-refractivity contribution in [3.8, 4) is 0 Å². The van der Waals surface area contributed by atoms with Gasteiger partial charge in [0.15, 0.2) is 11.6 Å². The lowest BCUT2D eigenvalue weighted by atomic mass is 9.43. The van der Waals surface area contributed by atoms with Crippen molar-refractivity contribution in [2.45, 2.75) is 108 Å². The molecule has 182 valence electrons. The van der Waals surface area contributed by atoms with E-state index < -0.39 is 22.4 Å². The second-order valence-electron chi connectivity index (χ2n) is 13.3. The van der Waals surface area contributed by atoms with Crippen LogP contribution in [0.25, 0.3) is 0 Å². The highest BCUT2D eigenvalue weighted by molar-refractivity contribution is 5.97. The van der Waals surface area contributed by atoms with E-state index in [1.165, 1.54) is 0 Å². The number of hydrogen-bond acceptors (Lipinski definition) is 6. The Hall–Kier alpha value is -0.790. The molecule has 14 atom stereocenters. The maximum Gasteiger partial charge on any atom is 0.169 e. The molecule has 0 radical (unpaired) electrons. The molecule has 3 aliphatic heterocycles. The van der Waals surface area contributed by atoms with Crippen LogP contribution in [0.15, 0.2) is 12.2 Å². The molecule has 7 aliphatic rings. The Morgan fingerprint density at radius 2 is 1.82 bits per heavy atom. The summed E-state index contributed by atoms with van der Waals surface area (Å²) in [5.41, 5.74) is -3.03. The molecular formula is C27H38O6. The first-order chi connectivity index (χ1) is 15.4. The Kier molecular flexibility index (Phi) is 3.87. The molecule has 3 heterocycles. The second-order valence-corrected chi connectivity index (χ2v) is 13.3. The number of carbonyl (C=O) groups is 1. The van der Waals surface area contributed by atoms with Crippen molar-refractivity contribution >= 4 is 5.78 Å². The maximum atomic E-state index is 13.3. The highest BCUT2D eigenvalue weighted by atomic mass is 16.7. The van der Waals surface area contributed by atoms with Crippen molar-refractivity contribution in [1.82, 2.24) is 0 Å². The molecule has 0 amide bonds. The van der Waals surface area contributed by atoms with Crippen LogP contribution >= 0.6 is 0 Å². The first-order valence-corrected chi connectivity index (χ1v) is 13.0. The van der Waals surface area contributed by atoms with Crippen molar-refractivity contribution in [3.05, 3.63) is 12.2 Å². The summed E-state index contributed by atoms with van der Waals surface area (Å²) in [7, 11) is 0. The molecule has 6 fully saturated rings. The van der Waals surface area contributed by atoms with Gasteiger partial charge in [0.25, 0.3) is 0 Å². The number of epoxide rings is 1. The van der Waals surface area contributed by atoms with Crippen LogP contribution in [-0.2, 0) is 19.0 Å². The fraction of sp³-hybridized carbons (Fsp3) is 0.889. The molecule has 2 N–H and O–H groups in total. The quantitative estimate of drug-likeness (QED) is 0.543. The van der Waals surface area contributed by atoms with Gasteiger partial charge in [-0.25, -0.2) is 0 Å². The lowest BCUT2D eigenvalue weighted by Crippen LogP contribution is -2.67. The van der Waals surface area contributed by atoms with Crippen molar-refractivity contribution in [2.75, 3.05) is 0 Å². The van der Waals surface area contributed by atoms with Crippen molar-refractivity contribution < 1.29 is 29.2 Å². The zero-order valence-corrected chi connectivity index (χ0v) is 20.4. The van der Waals surface area contributed by atoms with Crippen LogP contribution in [0.5, 0.6) is 0 Å². The normalized spacial score (nSPS) is 67.1. The number of ketones is 1. The number of hydrogen-bond donors (Lipinski definition) is 2. The van der Waals surface area contributed by atoms with Crippen LogP contribution in [0.4, 0.5) is 0 Å². The minimum absolute atomic E-state index is 0.00762. The van der Waals surface area contributed by atoms with Crippen molar-refractivity contribution in [2.24, 2.45) is 40.4 Å². The Bertz CT molecular complexity index is 960. The monoisotopic (exact) mass is 458 g/mol. The molecule has 3 saturated heterocycles. The fourth-order valence-electron chi connectivity index (χ4n) is 10.1. The van der Waals surface area contributed by atoms with Gasteiger partial charge in [-0.15, -0.1) is 0 Å². The van der Waals surface area contributed by atoms with Crippen LogP contribution < -0.4 is 0 Å². The zero-order valence-electron chi connectivity index (χ0n) is 20.4. The predicted octanol–water partition coefficient (Wildman–Crippen LogP) is 2.99. The molecule has 4 aliphatic carbocycles. The van der Waals surface area contributed by atoms with Gasteiger partial charge in [0.1, 0.15) is 11.7 Å². The summed E-state index contributed by atoms with van der Waals surface area (Å²) in [4.78, 5) is 13.3. The SMILES string of the molecule is C[C@H]1CC2O[C@@]1(C)OC1CC3C4C(CC[C@]3(C)C1[C@@]2(C)O)[C@@]1(C)C(=O)C=CC[C@]1(O)[C@H]1O[C@@H]41. The van der Waals surface area contributed by atoms with E-state index in [4.69, 9.17) is 14.2 Å². The summed E-state index contributed by atoms with van der Waals surface area (Å²) in [6, 6.07) is 0. The van der Waals surface area contributed by atoms with Gasteiger partial charge in [-0.1, -0.05) is 19.9 Å². The molecule has 0 aromatic heterocycles. The second kappa shape index (κ2) is 5.95. The lowest BCUT2D eigenvalue weighted by molar-refractivity contribution is -0.245. The summed E-state index contributed by atoms with van der Waals surface area (Å²) in [6.45, 7) is 10.5. The van der Waals surface area contributed by atoms with Crippen LogP contribution in [0.3, 0.4) is 0 Å². The number of fused-ring (bicyclic) bond motifs is 12. The van der Waals surface area contributed by atoms with Crippen LogP contribution in [0, 0.1) is 40.4 Å². The Labute approximate surface area is 196 Å². The third kappa shape index (κ3) is 2.23. The van der Waals surface area contributed by atoms with Gasteiger partial charge in [-0.2, -0.15) is 0 Å². The summed E-state index contributed by atoms with van der Waals surface area (Å²) in [6.07, 6.45) is 6.83. The molecular weight excluding hydrogens is 420 g/mol. The van der Waals surface area contributed by atoms with Crippen LogP contribution in [-0.4, -0.2) is 57.4 Å². The van der Waals surface area contributed by atoms with E-state index in [-0.39, 0.29) is 65.2 Å². The van der Waals surface area contributed by atoms with E-state index in [2.05, 4.69) is 13.8 Å². The summed E-state index contributed by atoms with van der Waals surface area (Å²) in [5, 5.41) is 23.8. The minimum Gasteiger partial charge on any atom is -0.387 e. The predicted molar refractivity (Wildman–Crippen MR) is 119 cm³/mol. The molecule has 6 unspecified atom stereocenters. The average molecular weight is 459 g/mol. The van der Waals surface area contributed by atoms with Gasteiger partial charge in [0, 0.05) is 11.8 Å². The highest BCUT2D eigenvalue weighted by Gasteiger charge is 2.79. The van der Waals surface area contributed by atoms with Gasteiger partial charge >= 0.3 is 0 Å². The topological polar surface area (TPSA) is 88.5 Å². The number of rotatable bonds is 0.